The van der Waals surface area contributed by atoms with Crippen LogP contribution in [0.5, 0.6) is 0 Å². The average Bonchev–Trinajstić information content (AvgIpc) is 2.19. The predicted octanol–water partition coefficient (Wildman–Crippen LogP) is 3.09. The van der Waals surface area contributed by atoms with Gasteiger partial charge in [0, 0.05) is 5.57 Å². The van der Waals surface area contributed by atoms with Crippen LogP contribution in [0.15, 0.2) is 42.5 Å². The Balaban J connectivity index is 2.29. The van der Waals surface area contributed by atoms with Crippen molar-refractivity contribution in [2.45, 2.75) is 19.3 Å². The van der Waals surface area contributed by atoms with Crippen LogP contribution in [0.3, 0.4) is 0 Å². The van der Waals surface area contributed by atoms with Gasteiger partial charge in [-0.25, -0.2) is 0 Å². The summed E-state index contributed by atoms with van der Waals surface area (Å²) in [6, 6.07) is 12.4. The fourth-order valence-electron chi connectivity index (χ4n) is 1.21. The highest BCUT2D eigenvalue weighted by atomic mass is 14.2. The molecule has 1 rings (SSSR count). The van der Waals surface area contributed by atoms with E-state index in [0.717, 1.165) is 19.3 Å². The number of nitriles is 1. The van der Waals surface area contributed by atoms with Crippen LogP contribution in [0.4, 0.5) is 0 Å². The number of aryl methyl sites for hydroxylation is 1. The minimum absolute atomic E-state index is 0.677. The monoisotopic (exact) mass is 171 g/mol. The molecule has 0 aromatic heterocycles. The Morgan fingerprint density at radius 2 is 2.00 bits per heavy atom. The zero-order valence-corrected chi connectivity index (χ0v) is 7.66. The third-order valence-electron chi connectivity index (χ3n) is 1.94. The molecule has 0 aliphatic heterocycles. The van der Waals surface area contributed by atoms with Crippen molar-refractivity contribution in [1.29, 1.82) is 5.26 Å². The van der Waals surface area contributed by atoms with Crippen molar-refractivity contribution >= 4 is 0 Å². The maximum Gasteiger partial charge on any atom is 0.0940 e. The molecule has 13 heavy (non-hydrogen) atoms. The number of hydrogen-bond donors (Lipinski definition) is 0. The van der Waals surface area contributed by atoms with Gasteiger partial charge in [-0.15, -0.1) is 0 Å². The first-order chi connectivity index (χ1) is 6.33. The fourth-order valence-corrected chi connectivity index (χ4v) is 1.21. The number of allylic oxidation sites excluding steroid dienone is 1. The van der Waals surface area contributed by atoms with Crippen LogP contribution in [0, 0.1) is 11.3 Å². The molecule has 66 valence electrons. The molecule has 0 aliphatic carbocycles. The first kappa shape index (κ1) is 9.54. The summed E-state index contributed by atoms with van der Waals surface area (Å²) in [5, 5.41) is 8.48. The maximum absolute atomic E-state index is 8.48. The van der Waals surface area contributed by atoms with Gasteiger partial charge in [-0.1, -0.05) is 36.9 Å². The van der Waals surface area contributed by atoms with Crippen molar-refractivity contribution in [3.05, 3.63) is 48.0 Å². The van der Waals surface area contributed by atoms with E-state index in [1.54, 1.807) is 0 Å². The summed E-state index contributed by atoms with van der Waals surface area (Å²) < 4.78 is 0. The topological polar surface area (TPSA) is 23.8 Å². The molecule has 1 aromatic rings. The zero-order valence-electron chi connectivity index (χ0n) is 7.66. The molecular formula is C12H13N. The second-order valence-electron chi connectivity index (χ2n) is 3.05. The molecule has 0 spiro atoms. The van der Waals surface area contributed by atoms with E-state index in [4.69, 9.17) is 5.26 Å². The minimum Gasteiger partial charge on any atom is -0.193 e. The van der Waals surface area contributed by atoms with Crippen LogP contribution < -0.4 is 0 Å². The molecule has 0 saturated carbocycles. The van der Waals surface area contributed by atoms with Gasteiger partial charge in [0.2, 0.25) is 0 Å². The van der Waals surface area contributed by atoms with Crippen LogP contribution in [0.25, 0.3) is 0 Å². The third kappa shape index (κ3) is 3.57. The van der Waals surface area contributed by atoms with Crippen LogP contribution in [-0.2, 0) is 6.42 Å². The Labute approximate surface area is 79.3 Å². The quantitative estimate of drug-likeness (QED) is 0.638. The first-order valence-corrected chi connectivity index (χ1v) is 4.44. The normalized spacial score (nSPS) is 9.15. The Bertz CT molecular complexity index is 306. The lowest BCUT2D eigenvalue weighted by Gasteiger charge is -1.99. The SMILES string of the molecule is C=C(C#N)CCCc1ccccc1. The van der Waals surface area contributed by atoms with E-state index in [1.807, 2.05) is 18.2 Å². The van der Waals surface area contributed by atoms with Crippen LogP contribution in [-0.4, -0.2) is 0 Å². The molecule has 1 nitrogen and oxygen atoms in total. The molecule has 1 aromatic carbocycles. The van der Waals surface area contributed by atoms with Crippen molar-refractivity contribution in [2.24, 2.45) is 0 Å². The molecule has 1 heteroatoms. The van der Waals surface area contributed by atoms with E-state index in [9.17, 15) is 0 Å². The van der Waals surface area contributed by atoms with E-state index in [0.29, 0.717) is 5.57 Å². The first-order valence-electron chi connectivity index (χ1n) is 4.44. The van der Waals surface area contributed by atoms with Crippen molar-refractivity contribution in [1.82, 2.24) is 0 Å². The molecule has 0 fully saturated rings. The van der Waals surface area contributed by atoms with E-state index in [1.165, 1.54) is 5.56 Å². The molecule has 0 unspecified atom stereocenters. The van der Waals surface area contributed by atoms with Crippen molar-refractivity contribution in [3.63, 3.8) is 0 Å². The number of rotatable bonds is 4. The number of hydrogen-bond acceptors (Lipinski definition) is 1. The van der Waals surface area contributed by atoms with Gasteiger partial charge < -0.3 is 0 Å². The van der Waals surface area contributed by atoms with Gasteiger partial charge in [0.1, 0.15) is 0 Å². The minimum atomic E-state index is 0.677. The predicted molar refractivity (Wildman–Crippen MR) is 54.1 cm³/mol. The molecule has 0 saturated heterocycles. The van der Waals surface area contributed by atoms with Gasteiger partial charge in [0.25, 0.3) is 0 Å². The Morgan fingerprint density at radius 3 is 2.62 bits per heavy atom. The highest BCUT2D eigenvalue weighted by Gasteiger charge is 1.93. The molecule has 0 atom stereocenters. The molecule has 0 bridgehead atoms. The molecule has 0 heterocycles. The molecule has 0 amide bonds. The van der Waals surface area contributed by atoms with Crippen LogP contribution >= 0.6 is 0 Å². The smallest absolute Gasteiger partial charge is 0.0940 e. The second kappa shape index (κ2) is 5.16. The molecule has 0 radical (unpaired) electrons. The molecule has 0 N–H and O–H groups in total. The van der Waals surface area contributed by atoms with Crippen LogP contribution in [0.2, 0.25) is 0 Å². The lowest BCUT2D eigenvalue weighted by molar-refractivity contribution is 0.827. The summed E-state index contributed by atoms with van der Waals surface area (Å²) in [7, 11) is 0. The maximum atomic E-state index is 8.48. The van der Waals surface area contributed by atoms with Crippen molar-refractivity contribution in [2.75, 3.05) is 0 Å². The van der Waals surface area contributed by atoms with Crippen molar-refractivity contribution < 1.29 is 0 Å². The Hall–Kier alpha value is -1.55. The summed E-state index contributed by atoms with van der Waals surface area (Å²) in [4.78, 5) is 0. The molecular weight excluding hydrogens is 158 g/mol. The summed E-state index contributed by atoms with van der Waals surface area (Å²) in [6.07, 6.45) is 2.85. The second-order valence-corrected chi connectivity index (χ2v) is 3.05. The van der Waals surface area contributed by atoms with Crippen LogP contribution in [0.1, 0.15) is 18.4 Å². The summed E-state index contributed by atoms with van der Waals surface area (Å²) >= 11 is 0. The zero-order chi connectivity index (χ0) is 9.52. The van der Waals surface area contributed by atoms with E-state index >= 15 is 0 Å². The highest BCUT2D eigenvalue weighted by Crippen LogP contribution is 2.07. The average molecular weight is 171 g/mol. The fraction of sp³-hybridized carbons (Fsp3) is 0.250. The van der Waals surface area contributed by atoms with Gasteiger partial charge in [-0.3, -0.25) is 0 Å². The lowest BCUT2D eigenvalue weighted by atomic mass is 10.1. The van der Waals surface area contributed by atoms with Crippen molar-refractivity contribution in [3.8, 4) is 6.07 Å². The largest absolute Gasteiger partial charge is 0.193 e. The summed E-state index contributed by atoms with van der Waals surface area (Å²) in [5.74, 6) is 0. The number of nitrogens with zero attached hydrogens (tertiary/aromatic N) is 1. The van der Waals surface area contributed by atoms with E-state index in [2.05, 4.69) is 24.8 Å². The van der Waals surface area contributed by atoms with Gasteiger partial charge in [-0.05, 0) is 24.8 Å². The van der Waals surface area contributed by atoms with E-state index < -0.39 is 0 Å². The summed E-state index contributed by atoms with van der Waals surface area (Å²) in [5.41, 5.74) is 2.00. The van der Waals surface area contributed by atoms with Gasteiger partial charge in [-0.2, -0.15) is 5.26 Å². The van der Waals surface area contributed by atoms with Gasteiger partial charge in [0.05, 0.1) is 6.07 Å². The van der Waals surface area contributed by atoms with E-state index in [-0.39, 0.29) is 0 Å². The lowest BCUT2D eigenvalue weighted by Crippen LogP contribution is -1.85. The Kier molecular flexibility index (Phi) is 3.78. The highest BCUT2D eigenvalue weighted by molar-refractivity contribution is 5.17. The van der Waals surface area contributed by atoms with Gasteiger partial charge >= 0.3 is 0 Å². The number of benzene rings is 1. The van der Waals surface area contributed by atoms with Gasteiger partial charge in [0.15, 0.2) is 0 Å². The standard InChI is InChI=1S/C12H13N/c1-11(10-13)6-5-9-12-7-3-2-4-8-12/h2-4,7-8H,1,5-6,9H2. The molecule has 0 aliphatic rings. The third-order valence-corrected chi connectivity index (χ3v) is 1.94. The Morgan fingerprint density at radius 1 is 1.31 bits per heavy atom. The summed E-state index contributed by atoms with van der Waals surface area (Å²) in [6.45, 7) is 3.64.